The molecular weight excluding hydrogens is 438 g/mol. The molecule has 1 N–H and O–H groups in total. The molecule has 0 aromatic heterocycles. The Bertz CT molecular complexity index is 1030. The minimum atomic E-state index is -0.230. The van der Waals surface area contributed by atoms with Crippen molar-refractivity contribution in [2.75, 3.05) is 6.61 Å². The molecule has 3 fully saturated rings. The van der Waals surface area contributed by atoms with Crippen LogP contribution in [0.5, 0.6) is 5.75 Å². The molecule has 4 atom stereocenters. The molecule has 0 spiro atoms. The molecule has 2 heterocycles. The van der Waals surface area contributed by atoms with Gasteiger partial charge in [0.15, 0.2) is 0 Å². The predicted octanol–water partition coefficient (Wildman–Crippen LogP) is 6.03. The second kappa shape index (κ2) is 10.3. The third-order valence-corrected chi connectivity index (χ3v) is 8.67. The summed E-state index contributed by atoms with van der Waals surface area (Å²) in [4.78, 5) is 28.6. The zero-order valence-corrected chi connectivity index (χ0v) is 21.2. The maximum absolute atomic E-state index is 13.6. The van der Waals surface area contributed by atoms with E-state index in [0.29, 0.717) is 13.0 Å². The fraction of sp³-hybridized carbons (Fsp3) is 0.600. The maximum Gasteiger partial charge on any atom is 0.234 e. The van der Waals surface area contributed by atoms with Crippen LogP contribution < -0.4 is 0 Å². The van der Waals surface area contributed by atoms with E-state index in [4.69, 9.17) is 4.74 Å². The van der Waals surface area contributed by atoms with Gasteiger partial charge in [-0.2, -0.15) is 0 Å². The van der Waals surface area contributed by atoms with Crippen LogP contribution in [0.3, 0.4) is 0 Å². The molecule has 35 heavy (non-hydrogen) atoms. The second-order valence-electron chi connectivity index (χ2n) is 11.0. The standard InChI is InChI=1S/C30H39NO4/c1-3-8-20(16-21-9-7-12-23(32)17-21)13-14-26-27-19(2)15-24-28(25(27)18-35-26)30(34)31(29(24)33)22-10-5-4-6-11-22/h7,9,12,16-17,22,24-26,28,32H,3-6,8,10-11,13-15,18H2,1-2H3/b20-16+/t24-,25+,26-,28-/m1/s1. The van der Waals surface area contributed by atoms with Crippen molar-refractivity contribution in [2.45, 2.75) is 90.2 Å². The smallest absolute Gasteiger partial charge is 0.234 e. The Kier molecular flexibility index (Phi) is 7.15. The SMILES string of the molecule is CCC/C(=C\c1cccc(O)c1)CC[C@H]1OC[C@H]2C1=C(C)C[C@H]1C(=O)N(C3CCCCC3)C(=O)[C@H]12. The monoisotopic (exact) mass is 477 g/mol. The first-order valence-electron chi connectivity index (χ1n) is 13.6. The van der Waals surface area contributed by atoms with Gasteiger partial charge < -0.3 is 9.84 Å². The summed E-state index contributed by atoms with van der Waals surface area (Å²) >= 11 is 0. The summed E-state index contributed by atoms with van der Waals surface area (Å²) in [5.41, 5.74) is 4.94. The summed E-state index contributed by atoms with van der Waals surface area (Å²) in [6.07, 6.45) is 12.2. The van der Waals surface area contributed by atoms with Gasteiger partial charge in [0.2, 0.25) is 11.8 Å². The van der Waals surface area contributed by atoms with Gasteiger partial charge in [-0.25, -0.2) is 0 Å². The van der Waals surface area contributed by atoms with Gasteiger partial charge in [0.25, 0.3) is 0 Å². The van der Waals surface area contributed by atoms with E-state index in [1.54, 1.807) is 17.0 Å². The second-order valence-corrected chi connectivity index (χ2v) is 11.0. The zero-order chi connectivity index (χ0) is 24.5. The molecule has 188 valence electrons. The highest BCUT2D eigenvalue weighted by molar-refractivity contribution is 6.06. The van der Waals surface area contributed by atoms with Crippen LogP contribution in [0.2, 0.25) is 0 Å². The van der Waals surface area contributed by atoms with Crippen molar-refractivity contribution >= 4 is 17.9 Å². The van der Waals surface area contributed by atoms with Crippen molar-refractivity contribution in [3.8, 4) is 5.75 Å². The maximum atomic E-state index is 13.6. The minimum absolute atomic E-state index is 0.0250. The third kappa shape index (κ3) is 4.72. The van der Waals surface area contributed by atoms with Crippen LogP contribution in [0.15, 0.2) is 41.0 Å². The molecular formula is C30H39NO4. The number of carbonyl (C=O) groups is 2. The summed E-state index contributed by atoms with van der Waals surface area (Å²) in [6.45, 7) is 4.89. The topological polar surface area (TPSA) is 66.8 Å². The van der Waals surface area contributed by atoms with Crippen LogP contribution >= 0.6 is 0 Å². The van der Waals surface area contributed by atoms with Crippen molar-refractivity contribution < 1.29 is 19.4 Å². The number of likely N-dealkylation sites (tertiary alicyclic amines) is 1. The summed E-state index contributed by atoms with van der Waals surface area (Å²) in [5, 5.41) is 9.82. The van der Waals surface area contributed by atoms with Crippen molar-refractivity contribution in [3.05, 3.63) is 46.5 Å². The first-order valence-corrected chi connectivity index (χ1v) is 13.6. The Morgan fingerprint density at radius 2 is 1.91 bits per heavy atom. The van der Waals surface area contributed by atoms with Crippen molar-refractivity contribution in [3.63, 3.8) is 0 Å². The zero-order valence-electron chi connectivity index (χ0n) is 21.2. The molecule has 2 saturated heterocycles. The molecule has 1 aromatic rings. The first kappa shape index (κ1) is 24.3. The quantitative estimate of drug-likeness (QED) is 0.385. The van der Waals surface area contributed by atoms with Crippen LogP contribution in [-0.2, 0) is 14.3 Å². The first-order chi connectivity index (χ1) is 17.0. The number of allylic oxidation sites excluding steroid dienone is 2. The van der Waals surface area contributed by atoms with E-state index in [1.165, 1.54) is 23.1 Å². The lowest BCUT2D eigenvalue weighted by molar-refractivity contribution is -0.143. The number of nitrogens with zero attached hydrogens (tertiary/aromatic N) is 1. The molecule has 5 nitrogen and oxygen atoms in total. The highest BCUT2D eigenvalue weighted by Gasteiger charge is 2.57. The van der Waals surface area contributed by atoms with Gasteiger partial charge >= 0.3 is 0 Å². The van der Waals surface area contributed by atoms with Gasteiger partial charge in [0, 0.05) is 12.0 Å². The molecule has 2 aliphatic carbocycles. The normalized spacial score (nSPS) is 29.7. The number of hydrogen-bond acceptors (Lipinski definition) is 4. The molecule has 0 radical (unpaired) electrons. The van der Waals surface area contributed by atoms with E-state index in [0.717, 1.165) is 56.9 Å². The number of phenolic OH excluding ortho intramolecular Hbond substituents is 1. The Morgan fingerprint density at radius 3 is 2.66 bits per heavy atom. The van der Waals surface area contributed by atoms with Crippen LogP contribution in [-0.4, -0.2) is 40.6 Å². The highest BCUT2D eigenvalue weighted by atomic mass is 16.5. The summed E-state index contributed by atoms with van der Waals surface area (Å²) in [5.74, 6) is 0.0585. The molecule has 5 heteroatoms. The number of ether oxygens (including phenoxy) is 1. The molecule has 0 unspecified atom stereocenters. The van der Waals surface area contributed by atoms with Gasteiger partial charge in [-0.05, 0) is 68.7 Å². The predicted molar refractivity (Wildman–Crippen MR) is 136 cm³/mol. The molecule has 5 rings (SSSR count). The average Bonchev–Trinajstić information content (AvgIpc) is 3.37. The Hall–Kier alpha value is -2.40. The number of aromatic hydroxyl groups is 1. The van der Waals surface area contributed by atoms with Gasteiger partial charge in [0.1, 0.15) is 5.75 Å². The molecule has 1 aromatic carbocycles. The van der Waals surface area contributed by atoms with Gasteiger partial charge in [-0.15, -0.1) is 0 Å². The lowest BCUT2D eigenvalue weighted by Gasteiger charge is -2.31. The van der Waals surface area contributed by atoms with Gasteiger partial charge in [0.05, 0.1) is 24.5 Å². The van der Waals surface area contributed by atoms with E-state index in [-0.39, 0.29) is 47.5 Å². The minimum Gasteiger partial charge on any atom is -0.508 e. The molecule has 2 amide bonds. The van der Waals surface area contributed by atoms with Crippen molar-refractivity contribution in [1.82, 2.24) is 4.90 Å². The van der Waals surface area contributed by atoms with E-state index in [2.05, 4.69) is 19.9 Å². The molecule has 1 saturated carbocycles. The lowest BCUT2D eigenvalue weighted by atomic mass is 9.70. The molecule has 2 aliphatic heterocycles. The van der Waals surface area contributed by atoms with Crippen LogP contribution in [0.1, 0.15) is 83.6 Å². The number of rotatable bonds is 7. The largest absolute Gasteiger partial charge is 0.508 e. The number of benzene rings is 1. The van der Waals surface area contributed by atoms with Crippen molar-refractivity contribution in [1.29, 1.82) is 0 Å². The summed E-state index contributed by atoms with van der Waals surface area (Å²) < 4.78 is 6.33. The lowest BCUT2D eigenvalue weighted by Crippen LogP contribution is -2.42. The summed E-state index contributed by atoms with van der Waals surface area (Å²) in [6, 6.07) is 7.49. The molecule has 4 aliphatic rings. The van der Waals surface area contributed by atoms with Gasteiger partial charge in [-0.1, -0.05) is 62.0 Å². The van der Waals surface area contributed by atoms with Crippen LogP contribution in [0, 0.1) is 17.8 Å². The van der Waals surface area contributed by atoms with Gasteiger partial charge in [-0.3, -0.25) is 14.5 Å². The molecule has 0 bridgehead atoms. The number of fused-ring (bicyclic) bond motifs is 3. The Morgan fingerprint density at radius 1 is 1.11 bits per heavy atom. The van der Waals surface area contributed by atoms with Crippen LogP contribution in [0.4, 0.5) is 0 Å². The number of phenols is 1. The van der Waals surface area contributed by atoms with E-state index in [9.17, 15) is 14.7 Å². The highest BCUT2D eigenvalue weighted by Crippen LogP contribution is 2.50. The number of hydrogen-bond donors (Lipinski definition) is 1. The fourth-order valence-corrected chi connectivity index (χ4v) is 7.11. The third-order valence-electron chi connectivity index (χ3n) is 8.67. The summed E-state index contributed by atoms with van der Waals surface area (Å²) in [7, 11) is 0. The Labute approximate surface area is 209 Å². The Balaban J connectivity index is 1.31. The van der Waals surface area contributed by atoms with E-state index < -0.39 is 0 Å². The van der Waals surface area contributed by atoms with E-state index in [1.807, 2.05) is 12.1 Å². The fourth-order valence-electron chi connectivity index (χ4n) is 7.11. The van der Waals surface area contributed by atoms with E-state index >= 15 is 0 Å². The number of imide groups is 1. The number of carbonyl (C=O) groups excluding carboxylic acids is 2. The van der Waals surface area contributed by atoms with Crippen molar-refractivity contribution in [2.24, 2.45) is 17.8 Å². The number of amides is 2. The average molecular weight is 478 g/mol. The van der Waals surface area contributed by atoms with Crippen LogP contribution in [0.25, 0.3) is 6.08 Å².